The van der Waals surface area contributed by atoms with Gasteiger partial charge in [-0.3, -0.25) is 9.36 Å². The Morgan fingerprint density at radius 2 is 0.836 bits per heavy atom. The largest absolute Gasteiger partial charge is 0.756 e. The standard InChI is InChI=1S/C64H119N2O6P/c1-6-8-10-12-14-16-18-20-22-24-26-28-30-32-34-35-37-39-41-43-45-47-49-51-53-55-57-63(67)62(61-72-73(69,70)71-60-59-66(3,4)5)65-64(68)58-56-54-52-50-48-46-44-42-40-38-36-33-31-29-27-25-23-21-19-17-15-13-11-9-7-2/h9,11,15,17,21,23,27,29,33,36,40,42,62-63,67H,6-8,10,12-14,16,18-20,22,24-26,28,30-32,34-35,37-39,41,43-61H2,1-5H3,(H-,65,68,69,70)/b11-9-,17-15-,23-21-,29-27-,36-33-,42-40-. The molecule has 3 atom stereocenters. The minimum Gasteiger partial charge on any atom is -0.756 e. The number of hydrogen-bond acceptors (Lipinski definition) is 6. The molecular formula is C64H119N2O6P. The van der Waals surface area contributed by atoms with Gasteiger partial charge in [0.25, 0.3) is 7.82 Å². The second-order valence-corrected chi connectivity index (χ2v) is 23.4. The molecule has 0 spiro atoms. The molecule has 0 bridgehead atoms. The molecule has 0 rings (SSSR count). The first-order valence-corrected chi connectivity index (χ1v) is 32.2. The van der Waals surface area contributed by atoms with E-state index >= 15 is 0 Å². The van der Waals surface area contributed by atoms with Gasteiger partial charge in [0.15, 0.2) is 0 Å². The summed E-state index contributed by atoms with van der Waals surface area (Å²) in [6.07, 6.45) is 75.1. The van der Waals surface area contributed by atoms with Crippen molar-refractivity contribution in [1.29, 1.82) is 0 Å². The van der Waals surface area contributed by atoms with Crippen LogP contribution in [0.5, 0.6) is 0 Å². The quantitative estimate of drug-likeness (QED) is 0.0272. The van der Waals surface area contributed by atoms with E-state index in [-0.39, 0.29) is 19.1 Å². The Morgan fingerprint density at radius 3 is 1.22 bits per heavy atom. The van der Waals surface area contributed by atoms with Crippen LogP contribution in [0.4, 0.5) is 0 Å². The van der Waals surface area contributed by atoms with Crippen LogP contribution in [0.15, 0.2) is 72.9 Å². The number of carbonyl (C=O) groups excluding carboxylic acids is 1. The fraction of sp³-hybridized carbons (Fsp3) is 0.797. The highest BCUT2D eigenvalue weighted by molar-refractivity contribution is 7.45. The van der Waals surface area contributed by atoms with Crippen LogP contribution < -0.4 is 10.2 Å². The molecule has 0 heterocycles. The predicted molar refractivity (Wildman–Crippen MR) is 316 cm³/mol. The molecule has 0 fully saturated rings. The van der Waals surface area contributed by atoms with Gasteiger partial charge in [0, 0.05) is 6.42 Å². The molecule has 0 aliphatic rings. The van der Waals surface area contributed by atoms with Crippen LogP contribution in [-0.4, -0.2) is 68.5 Å². The predicted octanol–water partition coefficient (Wildman–Crippen LogP) is 18.4. The van der Waals surface area contributed by atoms with Crippen molar-refractivity contribution in [2.75, 3.05) is 40.9 Å². The Morgan fingerprint density at radius 1 is 0.493 bits per heavy atom. The maximum absolute atomic E-state index is 13.0. The van der Waals surface area contributed by atoms with Crippen molar-refractivity contribution < 1.29 is 32.9 Å². The summed E-state index contributed by atoms with van der Waals surface area (Å²) in [6, 6.07) is -0.815. The molecule has 2 N–H and O–H groups in total. The maximum Gasteiger partial charge on any atom is 0.268 e. The molecular weight excluding hydrogens is 924 g/mol. The van der Waals surface area contributed by atoms with Crippen molar-refractivity contribution in [3.63, 3.8) is 0 Å². The van der Waals surface area contributed by atoms with E-state index in [4.69, 9.17) is 9.05 Å². The normalized spacial score (nSPS) is 14.3. The minimum atomic E-state index is -4.59. The van der Waals surface area contributed by atoms with Crippen LogP contribution >= 0.6 is 7.82 Å². The highest BCUT2D eigenvalue weighted by Gasteiger charge is 2.24. The maximum atomic E-state index is 13.0. The number of likely N-dealkylation sites (N-methyl/N-ethyl adjacent to an activating group) is 1. The molecule has 0 aliphatic carbocycles. The summed E-state index contributed by atoms with van der Waals surface area (Å²) in [4.78, 5) is 25.6. The summed E-state index contributed by atoms with van der Waals surface area (Å²) < 4.78 is 23.5. The third kappa shape index (κ3) is 57.5. The van der Waals surface area contributed by atoms with Crippen LogP contribution in [-0.2, 0) is 18.4 Å². The van der Waals surface area contributed by atoms with E-state index in [2.05, 4.69) is 92.1 Å². The Kier molecular flexibility index (Phi) is 53.2. The Bertz CT molecular complexity index is 1420. The second-order valence-electron chi connectivity index (χ2n) is 22.0. The van der Waals surface area contributed by atoms with Gasteiger partial charge in [0.2, 0.25) is 5.91 Å². The molecule has 0 saturated heterocycles. The number of amides is 1. The molecule has 0 saturated carbocycles. The van der Waals surface area contributed by atoms with Crippen molar-refractivity contribution >= 4 is 13.7 Å². The molecule has 9 heteroatoms. The smallest absolute Gasteiger partial charge is 0.268 e. The van der Waals surface area contributed by atoms with E-state index < -0.39 is 20.0 Å². The number of phosphoric ester groups is 1. The van der Waals surface area contributed by atoms with Gasteiger partial charge < -0.3 is 28.8 Å². The molecule has 0 radical (unpaired) electrons. The van der Waals surface area contributed by atoms with E-state index in [1.165, 1.54) is 161 Å². The van der Waals surface area contributed by atoms with Crippen LogP contribution in [0.2, 0.25) is 0 Å². The number of rotatable bonds is 56. The third-order valence-corrected chi connectivity index (χ3v) is 14.7. The fourth-order valence-corrected chi connectivity index (χ4v) is 9.65. The van der Waals surface area contributed by atoms with Crippen LogP contribution in [0.25, 0.3) is 0 Å². The summed E-state index contributed by atoms with van der Waals surface area (Å²) in [6.45, 7) is 4.62. The lowest BCUT2D eigenvalue weighted by molar-refractivity contribution is -0.870. The number of allylic oxidation sites excluding steroid dienone is 12. The zero-order valence-corrected chi connectivity index (χ0v) is 49.5. The molecule has 0 aromatic carbocycles. The Hall–Kier alpha value is -2.06. The van der Waals surface area contributed by atoms with Gasteiger partial charge in [-0.2, -0.15) is 0 Å². The number of phosphoric acid groups is 1. The second kappa shape index (κ2) is 54.7. The van der Waals surface area contributed by atoms with Gasteiger partial charge in [-0.05, 0) is 64.2 Å². The van der Waals surface area contributed by atoms with Crippen LogP contribution in [0.1, 0.15) is 277 Å². The summed E-state index contributed by atoms with van der Waals surface area (Å²) in [7, 11) is 1.29. The van der Waals surface area contributed by atoms with Gasteiger partial charge in [-0.1, -0.05) is 279 Å². The van der Waals surface area contributed by atoms with Crippen molar-refractivity contribution in [3.8, 4) is 0 Å². The van der Waals surface area contributed by atoms with Crippen molar-refractivity contribution in [3.05, 3.63) is 72.9 Å². The average Bonchev–Trinajstić information content (AvgIpc) is 3.35. The lowest BCUT2D eigenvalue weighted by atomic mass is 10.0. The van der Waals surface area contributed by atoms with E-state index in [9.17, 15) is 19.4 Å². The molecule has 0 aromatic heterocycles. The first-order valence-electron chi connectivity index (χ1n) is 30.8. The van der Waals surface area contributed by atoms with Crippen LogP contribution in [0, 0.1) is 0 Å². The first-order chi connectivity index (χ1) is 35.5. The summed E-state index contributed by atoms with van der Waals surface area (Å²) >= 11 is 0. The molecule has 0 aromatic rings. The molecule has 73 heavy (non-hydrogen) atoms. The van der Waals surface area contributed by atoms with Crippen molar-refractivity contribution in [2.24, 2.45) is 0 Å². The van der Waals surface area contributed by atoms with Crippen LogP contribution in [0.3, 0.4) is 0 Å². The first kappa shape index (κ1) is 70.9. The third-order valence-electron chi connectivity index (χ3n) is 13.7. The van der Waals surface area contributed by atoms with Gasteiger partial charge in [-0.25, -0.2) is 0 Å². The number of nitrogens with zero attached hydrogens (tertiary/aromatic N) is 1. The number of carbonyl (C=O) groups is 1. The van der Waals surface area contributed by atoms with E-state index in [0.29, 0.717) is 23.9 Å². The van der Waals surface area contributed by atoms with Gasteiger partial charge in [-0.15, -0.1) is 0 Å². The van der Waals surface area contributed by atoms with E-state index in [0.717, 1.165) is 89.9 Å². The molecule has 1 amide bonds. The van der Waals surface area contributed by atoms with Gasteiger partial charge in [0.05, 0.1) is 39.9 Å². The topological polar surface area (TPSA) is 108 Å². The SMILES string of the molecule is CC/C=C\C/C=C\C/C=C\C/C=C\C/C=C\C/C=C\CCCCCCCCC(=O)NC(COP(=O)([O-])OCC[N+](C)(C)C)C(O)CCCCCCCCCCCCCCCCCCCCCCCCCCCC. The number of hydrogen-bond donors (Lipinski definition) is 2. The monoisotopic (exact) mass is 1040 g/mol. The van der Waals surface area contributed by atoms with E-state index in [1.807, 2.05) is 21.1 Å². The lowest BCUT2D eigenvalue weighted by Crippen LogP contribution is -2.46. The lowest BCUT2D eigenvalue weighted by Gasteiger charge is -2.30. The van der Waals surface area contributed by atoms with Gasteiger partial charge in [0.1, 0.15) is 13.2 Å². The summed E-state index contributed by atoms with van der Waals surface area (Å²) in [5.41, 5.74) is 0. The Labute approximate surface area is 453 Å². The summed E-state index contributed by atoms with van der Waals surface area (Å²) in [5, 5.41) is 14.1. The van der Waals surface area contributed by atoms with Crippen molar-refractivity contribution in [2.45, 2.75) is 289 Å². The van der Waals surface area contributed by atoms with Crippen molar-refractivity contribution in [1.82, 2.24) is 5.32 Å². The molecule has 3 unspecified atom stereocenters. The minimum absolute atomic E-state index is 0.00591. The molecule has 426 valence electrons. The zero-order valence-electron chi connectivity index (χ0n) is 48.6. The highest BCUT2D eigenvalue weighted by Crippen LogP contribution is 2.38. The van der Waals surface area contributed by atoms with Gasteiger partial charge >= 0.3 is 0 Å². The van der Waals surface area contributed by atoms with E-state index in [1.54, 1.807) is 0 Å². The number of nitrogens with one attached hydrogen (secondary N) is 1. The highest BCUT2D eigenvalue weighted by atomic mass is 31.2. The number of aliphatic hydroxyl groups excluding tert-OH is 1. The average molecular weight is 1040 g/mol. The zero-order chi connectivity index (χ0) is 53.5. The molecule has 0 aliphatic heterocycles. The number of quaternary nitrogens is 1. The molecule has 8 nitrogen and oxygen atoms in total. The number of unbranched alkanes of at least 4 members (excludes halogenated alkanes) is 31. The number of aliphatic hydroxyl groups is 1. The Balaban J connectivity index is 4.18. The fourth-order valence-electron chi connectivity index (χ4n) is 8.93. The summed E-state index contributed by atoms with van der Waals surface area (Å²) in [5.74, 6) is -0.179.